The minimum Gasteiger partial charge on any atom is -0.345 e. The van der Waals surface area contributed by atoms with Crippen LogP contribution in [0.3, 0.4) is 0 Å². The van der Waals surface area contributed by atoms with E-state index < -0.39 is 0 Å². The van der Waals surface area contributed by atoms with Gasteiger partial charge in [0.2, 0.25) is 5.95 Å². The highest BCUT2D eigenvalue weighted by atomic mass is 79.9. The number of benzene rings is 1. The van der Waals surface area contributed by atoms with Crippen LogP contribution in [0.4, 0.5) is 11.6 Å². The molecule has 1 aliphatic heterocycles. The Morgan fingerprint density at radius 2 is 1.68 bits per heavy atom. The van der Waals surface area contributed by atoms with E-state index in [1.54, 1.807) is 12.4 Å². The predicted octanol–water partition coefficient (Wildman–Crippen LogP) is 2.76. The summed E-state index contributed by atoms with van der Waals surface area (Å²) in [7, 11) is 0. The minimum absolute atomic E-state index is 0.760. The highest BCUT2D eigenvalue weighted by molar-refractivity contribution is 9.10. The van der Waals surface area contributed by atoms with Crippen molar-refractivity contribution in [2.24, 2.45) is 0 Å². The van der Waals surface area contributed by atoms with Gasteiger partial charge >= 0.3 is 0 Å². The monoisotopic (exact) mass is 377 g/mol. The van der Waals surface area contributed by atoms with Gasteiger partial charge in [0.1, 0.15) is 0 Å². The van der Waals surface area contributed by atoms with Crippen LogP contribution in [0.1, 0.15) is 0 Å². The van der Waals surface area contributed by atoms with Gasteiger partial charge in [0, 0.05) is 48.7 Å². The number of piperazine rings is 1. The third kappa shape index (κ3) is 3.72. The number of thiocarbonyl (C=S) groups is 1. The maximum absolute atomic E-state index is 5.50. The normalized spacial score (nSPS) is 14.8. The Balaban J connectivity index is 1.54. The van der Waals surface area contributed by atoms with Crippen molar-refractivity contribution in [2.75, 3.05) is 36.4 Å². The van der Waals surface area contributed by atoms with E-state index in [4.69, 9.17) is 12.2 Å². The molecule has 1 aliphatic rings. The lowest BCUT2D eigenvalue weighted by Crippen LogP contribution is -2.50. The van der Waals surface area contributed by atoms with Crippen LogP contribution >= 0.6 is 28.1 Å². The van der Waals surface area contributed by atoms with E-state index in [9.17, 15) is 0 Å². The van der Waals surface area contributed by atoms with Crippen molar-refractivity contribution in [3.05, 3.63) is 47.2 Å². The zero-order chi connectivity index (χ0) is 15.4. The quantitative estimate of drug-likeness (QED) is 0.811. The van der Waals surface area contributed by atoms with Crippen LogP contribution in [0.2, 0.25) is 0 Å². The van der Waals surface area contributed by atoms with Gasteiger partial charge in [-0.05, 0) is 42.5 Å². The Hall–Kier alpha value is -1.73. The number of hydrogen-bond donors (Lipinski definition) is 1. The summed E-state index contributed by atoms with van der Waals surface area (Å²) in [4.78, 5) is 12.9. The molecule has 2 heterocycles. The van der Waals surface area contributed by atoms with Crippen molar-refractivity contribution >= 4 is 44.9 Å². The van der Waals surface area contributed by atoms with Crippen LogP contribution in [-0.4, -0.2) is 46.2 Å². The molecule has 1 fully saturated rings. The van der Waals surface area contributed by atoms with E-state index in [0.29, 0.717) is 0 Å². The molecule has 0 atom stereocenters. The Bertz CT molecular complexity index is 626. The molecule has 1 N–H and O–H groups in total. The van der Waals surface area contributed by atoms with Gasteiger partial charge < -0.3 is 15.1 Å². The molecule has 1 aromatic carbocycles. The Labute approximate surface area is 143 Å². The van der Waals surface area contributed by atoms with Crippen LogP contribution in [-0.2, 0) is 0 Å². The molecule has 0 saturated carbocycles. The van der Waals surface area contributed by atoms with E-state index in [0.717, 1.165) is 47.4 Å². The van der Waals surface area contributed by atoms with Crippen LogP contribution in [0.15, 0.2) is 47.2 Å². The van der Waals surface area contributed by atoms with Crippen molar-refractivity contribution in [1.82, 2.24) is 14.9 Å². The molecule has 0 unspecified atom stereocenters. The third-order valence-corrected chi connectivity index (χ3v) is 4.39. The molecule has 1 saturated heterocycles. The number of hydrogen-bond acceptors (Lipinski definition) is 4. The SMILES string of the molecule is S=C(Nc1ccc(Br)cc1)N1CCN(c2ncccn2)CC1. The van der Waals surface area contributed by atoms with Crippen LogP contribution < -0.4 is 10.2 Å². The van der Waals surface area contributed by atoms with Crippen LogP contribution in [0, 0.1) is 0 Å². The number of aromatic nitrogens is 2. The van der Waals surface area contributed by atoms with Crippen molar-refractivity contribution < 1.29 is 0 Å². The first kappa shape index (κ1) is 15.2. The zero-order valence-corrected chi connectivity index (χ0v) is 14.3. The molecule has 5 nitrogen and oxygen atoms in total. The van der Waals surface area contributed by atoms with Crippen molar-refractivity contribution in [3.8, 4) is 0 Å². The predicted molar refractivity (Wildman–Crippen MR) is 96.2 cm³/mol. The largest absolute Gasteiger partial charge is 0.345 e. The van der Waals surface area contributed by atoms with Crippen molar-refractivity contribution in [3.63, 3.8) is 0 Å². The van der Waals surface area contributed by atoms with E-state index in [2.05, 4.69) is 41.0 Å². The summed E-state index contributed by atoms with van der Waals surface area (Å²) in [5, 5.41) is 4.04. The second-order valence-corrected chi connectivity index (χ2v) is 6.26. The van der Waals surface area contributed by atoms with Gasteiger partial charge in [0.15, 0.2) is 5.11 Å². The molecule has 0 radical (unpaired) electrons. The van der Waals surface area contributed by atoms with E-state index in [-0.39, 0.29) is 0 Å². The van der Waals surface area contributed by atoms with Gasteiger partial charge in [-0.3, -0.25) is 0 Å². The van der Waals surface area contributed by atoms with Gasteiger partial charge in [-0.2, -0.15) is 0 Å². The highest BCUT2D eigenvalue weighted by Crippen LogP contribution is 2.15. The fourth-order valence-corrected chi connectivity index (χ4v) is 2.86. The number of anilines is 2. The smallest absolute Gasteiger partial charge is 0.225 e. The summed E-state index contributed by atoms with van der Waals surface area (Å²) in [6, 6.07) is 9.83. The summed E-state index contributed by atoms with van der Waals surface area (Å²) in [5.41, 5.74) is 1.00. The van der Waals surface area contributed by atoms with E-state index in [1.165, 1.54) is 0 Å². The fraction of sp³-hybridized carbons (Fsp3) is 0.267. The van der Waals surface area contributed by atoms with Crippen molar-refractivity contribution in [2.45, 2.75) is 0 Å². The molecular formula is C15H16BrN5S. The Morgan fingerprint density at radius 1 is 1.05 bits per heavy atom. The first-order chi connectivity index (χ1) is 10.7. The molecule has 1 aromatic heterocycles. The summed E-state index contributed by atoms with van der Waals surface area (Å²) in [6.45, 7) is 3.46. The number of nitrogens with zero attached hydrogens (tertiary/aromatic N) is 4. The molecular weight excluding hydrogens is 362 g/mol. The molecule has 0 amide bonds. The molecule has 22 heavy (non-hydrogen) atoms. The van der Waals surface area contributed by atoms with Gasteiger partial charge in [-0.25, -0.2) is 9.97 Å². The zero-order valence-electron chi connectivity index (χ0n) is 11.9. The van der Waals surface area contributed by atoms with Gasteiger partial charge in [-0.15, -0.1) is 0 Å². The standard InChI is InChI=1S/C15H16BrN5S/c16-12-2-4-13(5-3-12)19-15(22)21-10-8-20(9-11-21)14-17-6-1-7-18-14/h1-7H,8-11H2,(H,19,22). The molecule has 0 spiro atoms. The summed E-state index contributed by atoms with van der Waals surface area (Å²) >= 11 is 8.93. The molecule has 7 heteroatoms. The Morgan fingerprint density at radius 3 is 2.32 bits per heavy atom. The third-order valence-electron chi connectivity index (χ3n) is 3.50. The maximum atomic E-state index is 5.50. The molecule has 3 rings (SSSR count). The first-order valence-corrected chi connectivity index (χ1v) is 8.26. The molecule has 0 aliphatic carbocycles. The summed E-state index contributed by atoms with van der Waals surface area (Å²) < 4.78 is 1.06. The summed E-state index contributed by atoms with van der Waals surface area (Å²) in [5.74, 6) is 0.786. The van der Waals surface area contributed by atoms with Gasteiger partial charge in [0.05, 0.1) is 0 Å². The molecule has 0 bridgehead atoms. The Kier molecular flexibility index (Phi) is 4.84. The van der Waals surface area contributed by atoms with Crippen molar-refractivity contribution in [1.29, 1.82) is 0 Å². The highest BCUT2D eigenvalue weighted by Gasteiger charge is 2.20. The van der Waals surface area contributed by atoms with Crippen LogP contribution in [0.5, 0.6) is 0 Å². The maximum Gasteiger partial charge on any atom is 0.225 e. The lowest BCUT2D eigenvalue weighted by atomic mass is 10.3. The second kappa shape index (κ2) is 7.02. The first-order valence-electron chi connectivity index (χ1n) is 7.06. The number of rotatable bonds is 2. The minimum atomic E-state index is 0.760. The van der Waals surface area contributed by atoms with E-state index >= 15 is 0 Å². The fourth-order valence-electron chi connectivity index (χ4n) is 2.30. The van der Waals surface area contributed by atoms with Gasteiger partial charge in [-0.1, -0.05) is 15.9 Å². The number of nitrogens with one attached hydrogen (secondary N) is 1. The second-order valence-electron chi connectivity index (χ2n) is 4.96. The molecule has 114 valence electrons. The summed E-state index contributed by atoms with van der Waals surface area (Å²) in [6.07, 6.45) is 3.54. The van der Waals surface area contributed by atoms with Crippen LogP contribution in [0.25, 0.3) is 0 Å². The lowest BCUT2D eigenvalue weighted by Gasteiger charge is -2.36. The average Bonchev–Trinajstić information content (AvgIpc) is 2.58. The van der Waals surface area contributed by atoms with Gasteiger partial charge in [0.25, 0.3) is 0 Å². The average molecular weight is 378 g/mol. The molecule has 2 aromatic rings. The van der Waals surface area contributed by atoms with E-state index in [1.807, 2.05) is 30.3 Å². The topological polar surface area (TPSA) is 44.3 Å². The number of halogens is 1. The lowest BCUT2D eigenvalue weighted by molar-refractivity contribution is 0.388.